The maximum Gasteiger partial charge on any atom is 0.123 e. The monoisotopic (exact) mass is 236 g/mol. The van der Waals surface area contributed by atoms with Crippen molar-refractivity contribution in [1.29, 1.82) is 0 Å². The number of aliphatic hydroxyl groups excluding tert-OH is 1. The molecular formula is C15H21FO. The molecule has 94 valence electrons. The van der Waals surface area contributed by atoms with Crippen molar-refractivity contribution < 1.29 is 9.50 Å². The second-order valence-corrected chi connectivity index (χ2v) is 5.41. The summed E-state index contributed by atoms with van der Waals surface area (Å²) in [6, 6.07) is 4.82. The van der Waals surface area contributed by atoms with E-state index in [-0.39, 0.29) is 11.9 Å². The number of rotatable bonds is 3. The number of halogens is 1. The zero-order valence-electron chi connectivity index (χ0n) is 10.6. The van der Waals surface area contributed by atoms with Gasteiger partial charge in [0.25, 0.3) is 0 Å². The average molecular weight is 236 g/mol. The highest BCUT2D eigenvalue weighted by atomic mass is 19.1. The topological polar surface area (TPSA) is 20.2 Å². The molecule has 1 aliphatic rings. The van der Waals surface area contributed by atoms with Gasteiger partial charge >= 0.3 is 0 Å². The van der Waals surface area contributed by atoms with E-state index >= 15 is 0 Å². The molecule has 1 aromatic carbocycles. The molecule has 3 unspecified atom stereocenters. The molecule has 0 bridgehead atoms. The van der Waals surface area contributed by atoms with Gasteiger partial charge in [0.05, 0.1) is 6.10 Å². The first-order valence-corrected chi connectivity index (χ1v) is 6.51. The van der Waals surface area contributed by atoms with Crippen LogP contribution in [0.25, 0.3) is 0 Å². The van der Waals surface area contributed by atoms with Crippen LogP contribution >= 0.6 is 0 Å². The van der Waals surface area contributed by atoms with Crippen LogP contribution in [0.5, 0.6) is 0 Å². The summed E-state index contributed by atoms with van der Waals surface area (Å²) in [4.78, 5) is 0. The van der Waals surface area contributed by atoms with Gasteiger partial charge in [-0.2, -0.15) is 0 Å². The molecule has 0 amide bonds. The van der Waals surface area contributed by atoms with Crippen molar-refractivity contribution >= 4 is 0 Å². The van der Waals surface area contributed by atoms with Crippen LogP contribution < -0.4 is 0 Å². The molecular weight excluding hydrogens is 215 g/mol. The Kier molecular flexibility index (Phi) is 3.82. The third kappa shape index (κ3) is 2.86. The van der Waals surface area contributed by atoms with Gasteiger partial charge < -0.3 is 5.11 Å². The van der Waals surface area contributed by atoms with E-state index in [1.165, 1.54) is 18.9 Å². The van der Waals surface area contributed by atoms with E-state index in [1.807, 2.05) is 6.92 Å². The summed E-state index contributed by atoms with van der Waals surface area (Å²) in [6.45, 7) is 4.13. The third-order valence-corrected chi connectivity index (χ3v) is 4.16. The molecule has 0 aliphatic heterocycles. The van der Waals surface area contributed by atoms with Crippen LogP contribution in [0.1, 0.15) is 37.3 Å². The third-order valence-electron chi connectivity index (χ3n) is 4.16. The Morgan fingerprint density at radius 1 is 1.41 bits per heavy atom. The zero-order valence-corrected chi connectivity index (χ0v) is 10.6. The van der Waals surface area contributed by atoms with Crippen LogP contribution in [0.3, 0.4) is 0 Å². The summed E-state index contributed by atoms with van der Waals surface area (Å²) in [5, 5.41) is 10.3. The summed E-state index contributed by atoms with van der Waals surface area (Å²) >= 11 is 0. The lowest BCUT2D eigenvalue weighted by Crippen LogP contribution is -2.25. The lowest BCUT2D eigenvalue weighted by molar-refractivity contribution is 0.0900. The van der Waals surface area contributed by atoms with E-state index in [4.69, 9.17) is 0 Å². The van der Waals surface area contributed by atoms with Crippen LogP contribution in [0, 0.1) is 24.6 Å². The molecule has 2 rings (SSSR count). The average Bonchev–Trinajstić information content (AvgIpc) is 2.68. The number of aryl methyl sites for hydroxylation is 1. The lowest BCUT2D eigenvalue weighted by atomic mass is 9.88. The molecule has 1 aromatic rings. The van der Waals surface area contributed by atoms with Gasteiger partial charge in [-0.15, -0.1) is 0 Å². The van der Waals surface area contributed by atoms with Crippen molar-refractivity contribution in [3.63, 3.8) is 0 Å². The number of benzene rings is 1. The highest BCUT2D eigenvalue weighted by molar-refractivity contribution is 5.27. The van der Waals surface area contributed by atoms with E-state index < -0.39 is 0 Å². The summed E-state index contributed by atoms with van der Waals surface area (Å²) in [7, 11) is 0. The largest absolute Gasteiger partial charge is 0.392 e. The number of hydrogen-bond acceptors (Lipinski definition) is 1. The number of hydrogen-bond donors (Lipinski definition) is 1. The molecule has 1 aliphatic carbocycles. The van der Waals surface area contributed by atoms with Crippen molar-refractivity contribution in [2.45, 2.75) is 45.6 Å². The van der Waals surface area contributed by atoms with E-state index in [0.29, 0.717) is 18.3 Å². The van der Waals surface area contributed by atoms with Crippen molar-refractivity contribution in [1.82, 2.24) is 0 Å². The van der Waals surface area contributed by atoms with E-state index in [0.717, 1.165) is 17.5 Å². The Bertz CT molecular complexity index is 389. The molecule has 0 aromatic heterocycles. The molecule has 0 spiro atoms. The predicted octanol–water partition coefficient (Wildman–Crippen LogP) is 3.47. The zero-order chi connectivity index (χ0) is 12.4. The molecule has 1 N–H and O–H groups in total. The minimum absolute atomic E-state index is 0.199. The summed E-state index contributed by atoms with van der Waals surface area (Å²) in [5.74, 6) is 0.834. The fourth-order valence-corrected chi connectivity index (χ4v) is 3.01. The SMILES string of the molecule is Cc1cc(F)ccc1CC(O)C1CCCC1C. The summed E-state index contributed by atoms with van der Waals surface area (Å²) in [6.07, 6.45) is 3.95. The summed E-state index contributed by atoms with van der Waals surface area (Å²) in [5.41, 5.74) is 2.01. The second kappa shape index (κ2) is 5.18. The van der Waals surface area contributed by atoms with E-state index in [2.05, 4.69) is 6.92 Å². The first kappa shape index (κ1) is 12.6. The quantitative estimate of drug-likeness (QED) is 0.852. The van der Waals surface area contributed by atoms with Crippen molar-refractivity contribution in [2.24, 2.45) is 11.8 Å². The predicted molar refractivity (Wildman–Crippen MR) is 67.4 cm³/mol. The Balaban J connectivity index is 2.04. The normalized spacial score (nSPS) is 26.1. The van der Waals surface area contributed by atoms with Crippen LogP contribution in [0.15, 0.2) is 18.2 Å². The van der Waals surface area contributed by atoms with E-state index in [1.54, 1.807) is 12.1 Å². The van der Waals surface area contributed by atoms with Gasteiger partial charge in [-0.1, -0.05) is 25.8 Å². The molecule has 17 heavy (non-hydrogen) atoms. The molecule has 1 nitrogen and oxygen atoms in total. The maximum absolute atomic E-state index is 13.0. The first-order valence-electron chi connectivity index (χ1n) is 6.51. The highest BCUT2D eigenvalue weighted by Crippen LogP contribution is 2.34. The maximum atomic E-state index is 13.0. The molecule has 0 saturated heterocycles. The van der Waals surface area contributed by atoms with Gasteiger partial charge in [0.1, 0.15) is 5.82 Å². The van der Waals surface area contributed by atoms with Gasteiger partial charge in [0.15, 0.2) is 0 Å². The standard InChI is InChI=1S/C15H21FO/c1-10-4-3-5-14(10)15(17)9-12-6-7-13(16)8-11(12)2/h6-8,10,14-15,17H,3-5,9H2,1-2H3. The fraction of sp³-hybridized carbons (Fsp3) is 0.600. The first-order chi connectivity index (χ1) is 8.08. The van der Waals surface area contributed by atoms with Crippen LogP contribution in [-0.2, 0) is 6.42 Å². The Morgan fingerprint density at radius 2 is 2.18 bits per heavy atom. The van der Waals surface area contributed by atoms with Crippen molar-refractivity contribution in [3.8, 4) is 0 Å². The molecule has 3 atom stereocenters. The Labute approximate surface area is 103 Å². The van der Waals surface area contributed by atoms with Gasteiger partial charge in [-0.3, -0.25) is 0 Å². The van der Waals surface area contributed by atoms with Gasteiger partial charge in [-0.05, 0) is 54.9 Å². The van der Waals surface area contributed by atoms with Crippen LogP contribution in [0.4, 0.5) is 4.39 Å². The van der Waals surface area contributed by atoms with Crippen LogP contribution in [-0.4, -0.2) is 11.2 Å². The smallest absolute Gasteiger partial charge is 0.123 e. The molecule has 2 heteroatoms. The van der Waals surface area contributed by atoms with Crippen molar-refractivity contribution in [2.75, 3.05) is 0 Å². The molecule has 0 radical (unpaired) electrons. The Hall–Kier alpha value is -0.890. The fourth-order valence-electron chi connectivity index (χ4n) is 3.01. The van der Waals surface area contributed by atoms with Gasteiger partial charge in [-0.25, -0.2) is 4.39 Å². The minimum Gasteiger partial charge on any atom is -0.392 e. The Morgan fingerprint density at radius 3 is 2.76 bits per heavy atom. The lowest BCUT2D eigenvalue weighted by Gasteiger charge is -2.22. The van der Waals surface area contributed by atoms with E-state index in [9.17, 15) is 9.50 Å². The second-order valence-electron chi connectivity index (χ2n) is 5.41. The highest BCUT2D eigenvalue weighted by Gasteiger charge is 2.29. The number of aliphatic hydroxyl groups is 1. The van der Waals surface area contributed by atoms with Gasteiger partial charge in [0.2, 0.25) is 0 Å². The van der Waals surface area contributed by atoms with Crippen molar-refractivity contribution in [3.05, 3.63) is 35.1 Å². The van der Waals surface area contributed by atoms with Gasteiger partial charge in [0, 0.05) is 0 Å². The molecule has 1 saturated carbocycles. The minimum atomic E-state index is -0.281. The summed E-state index contributed by atoms with van der Waals surface area (Å²) < 4.78 is 13.0. The van der Waals surface area contributed by atoms with Crippen LogP contribution in [0.2, 0.25) is 0 Å². The molecule has 1 fully saturated rings. The molecule has 0 heterocycles.